The van der Waals surface area contributed by atoms with Gasteiger partial charge in [0.05, 0.1) is 0 Å². The quantitative estimate of drug-likeness (QED) is 0.407. The van der Waals surface area contributed by atoms with Crippen molar-refractivity contribution in [2.75, 3.05) is 22.9 Å². The zero-order valence-corrected chi connectivity index (χ0v) is 22.9. The maximum Gasteiger partial charge on any atom is 0.252 e. The molecule has 0 unspecified atom stereocenters. The van der Waals surface area contributed by atoms with Crippen molar-refractivity contribution in [2.24, 2.45) is 0 Å². The molecular weight excluding hydrogens is 435 g/mol. The van der Waals surface area contributed by atoms with Crippen LogP contribution in [0.4, 0.5) is 22.7 Å². The Morgan fingerprint density at radius 1 is 0.639 bits per heavy atom. The highest BCUT2D eigenvalue weighted by Crippen LogP contribution is 2.46. The lowest BCUT2D eigenvalue weighted by Gasteiger charge is -2.48. The smallest absolute Gasteiger partial charge is 0.252 e. The van der Waals surface area contributed by atoms with Gasteiger partial charge in [-0.1, -0.05) is 65.8 Å². The number of nitrogens with zero attached hydrogens (tertiary/aromatic N) is 2. The average molecular weight is 475 g/mol. The third-order valence-corrected chi connectivity index (χ3v) is 9.42. The summed E-state index contributed by atoms with van der Waals surface area (Å²) in [5, 5.41) is 0. The first-order chi connectivity index (χ1) is 17.4. The SMILES string of the molecule is CC(C)c1cc2c3c(c1)N1CCCc4c(C(C)C)ccc(c41)B3c1ccc(C(C)C)c3c1N2CCC3. The van der Waals surface area contributed by atoms with Crippen molar-refractivity contribution in [3.8, 4) is 0 Å². The second-order valence-electron chi connectivity index (χ2n) is 12.5. The standard InChI is InChI=1S/C33H39BN2/c1-19(2)22-17-29-31-30(18-22)36-16-8-10-26-24(21(5)6)12-14-28(33(26)36)34(31)27-13-11-23(20(3)4)25-9-7-15-35(29)32(25)27/h11-14,17-21H,7-10,15-16H2,1-6H3. The molecule has 0 bridgehead atoms. The molecule has 0 aliphatic carbocycles. The van der Waals surface area contributed by atoms with E-state index < -0.39 is 0 Å². The fraction of sp³-hybridized carbons (Fsp3) is 0.455. The van der Waals surface area contributed by atoms with Crippen molar-refractivity contribution in [3.63, 3.8) is 0 Å². The first kappa shape index (κ1) is 22.5. The fourth-order valence-electron chi connectivity index (χ4n) is 7.78. The van der Waals surface area contributed by atoms with E-state index in [1.165, 1.54) is 42.6 Å². The minimum atomic E-state index is 0.338. The lowest BCUT2D eigenvalue weighted by Crippen LogP contribution is -2.63. The van der Waals surface area contributed by atoms with Gasteiger partial charge in [-0.2, -0.15) is 0 Å². The molecule has 2 nitrogen and oxygen atoms in total. The van der Waals surface area contributed by atoms with E-state index in [-0.39, 0.29) is 0 Å². The van der Waals surface area contributed by atoms with E-state index >= 15 is 0 Å². The Labute approximate surface area is 217 Å². The summed E-state index contributed by atoms with van der Waals surface area (Å²) >= 11 is 0. The van der Waals surface area contributed by atoms with Crippen LogP contribution < -0.4 is 26.2 Å². The van der Waals surface area contributed by atoms with E-state index in [1.54, 1.807) is 50.0 Å². The van der Waals surface area contributed by atoms with Crippen molar-refractivity contribution in [1.29, 1.82) is 0 Å². The highest BCUT2D eigenvalue weighted by Gasteiger charge is 2.45. The normalized spacial score (nSPS) is 17.1. The van der Waals surface area contributed by atoms with Crippen LogP contribution in [0.1, 0.15) is 100.0 Å². The minimum Gasteiger partial charge on any atom is -0.342 e. The zero-order valence-electron chi connectivity index (χ0n) is 22.9. The molecule has 0 spiro atoms. The van der Waals surface area contributed by atoms with E-state index in [0.29, 0.717) is 24.5 Å². The summed E-state index contributed by atoms with van der Waals surface area (Å²) in [5.74, 6) is 1.64. The summed E-state index contributed by atoms with van der Waals surface area (Å²) in [5.41, 5.74) is 18.5. The summed E-state index contributed by atoms with van der Waals surface area (Å²) < 4.78 is 0. The van der Waals surface area contributed by atoms with Crippen LogP contribution in [0.3, 0.4) is 0 Å². The molecule has 3 aromatic carbocycles. The van der Waals surface area contributed by atoms with Gasteiger partial charge in [0.25, 0.3) is 6.71 Å². The lowest BCUT2D eigenvalue weighted by atomic mass is 9.32. The van der Waals surface area contributed by atoms with Crippen molar-refractivity contribution in [2.45, 2.75) is 85.0 Å². The topological polar surface area (TPSA) is 6.48 Å². The van der Waals surface area contributed by atoms with Crippen LogP contribution in [0.25, 0.3) is 0 Å². The number of benzene rings is 3. The summed E-state index contributed by atoms with van der Waals surface area (Å²) in [6, 6.07) is 15.0. The number of rotatable bonds is 3. The van der Waals surface area contributed by atoms with Gasteiger partial charge in [-0.25, -0.2) is 0 Å². The van der Waals surface area contributed by atoms with Gasteiger partial charge in [0.15, 0.2) is 0 Å². The van der Waals surface area contributed by atoms with Crippen LogP contribution in [0.5, 0.6) is 0 Å². The average Bonchev–Trinajstić information content (AvgIpc) is 2.87. The molecule has 0 atom stereocenters. The van der Waals surface area contributed by atoms with E-state index in [0.717, 1.165) is 13.1 Å². The first-order valence-corrected chi connectivity index (χ1v) is 14.4. The van der Waals surface area contributed by atoms with Gasteiger partial charge >= 0.3 is 0 Å². The summed E-state index contributed by atoms with van der Waals surface area (Å²) in [6.45, 7) is 16.8. The first-order valence-electron chi connectivity index (χ1n) is 14.4. The van der Waals surface area contributed by atoms with Crippen molar-refractivity contribution >= 4 is 45.9 Å². The lowest BCUT2D eigenvalue weighted by molar-refractivity contribution is 0.735. The molecule has 184 valence electrons. The van der Waals surface area contributed by atoms with E-state index in [4.69, 9.17) is 0 Å². The molecule has 0 radical (unpaired) electrons. The largest absolute Gasteiger partial charge is 0.342 e. The molecular formula is C33H39BN2. The number of fused-ring (bicyclic) bond motifs is 4. The second kappa shape index (κ2) is 7.91. The van der Waals surface area contributed by atoms with Crippen LogP contribution in [0.2, 0.25) is 0 Å². The van der Waals surface area contributed by atoms with E-state index in [1.807, 2.05) is 0 Å². The highest BCUT2D eigenvalue weighted by atomic mass is 15.2. The molecule has 0 N–H and O–H groups in total. The van der Waals surface area contributed by atoms with Crippen molar-refractivity contribution < 1.29 is 0 Å². The van der Waals surface area contributed by atoms with Crippen LogP contribution in [-0.4, -0.2) is 19.8 Å². The molecule has 36 heavy (non-hydrogen) atoms. The second-order valence-corrected chi connectivity index (χ2v) is 12.5. The van der Waals surface area contributed by atoms with Gasteiger partial charge < -0.3 is 9.80 Å². The molecule has 3 heteroatoms. The molecule has 3 aromatic rings. The Kier molecular flexibility index (Phi) is 4.95. The van der Waals surface area contributed by atoms with E-state index in [9.17, 15) is 0 Å². The van der Waals surface area contributed by atoms with Crippen LogP contribution >= 0.6 is 0 Å². The predicted molar refractivity (Wildman–Crippen MR) is 157 cm³/mol. The van der Waals surface area contributed by atoms with Gasteiger partial charge in [0.1, 0.15) is 0 Å². The molecule has 4 aliphatic heterocycles. The number of hydrogen-bond acceptors (Lipinski definition) is 2. The van der Waals surface area contributed by atoms with E-state index in [2.05, 4.69) is 87.7 Å². The maximum atomic E-state index is 2.72. The van der Waals surface area contributed by atoms with Crippen molar-refractivity contribution in [3.05, 3.63) is 64.2 Å². The zero-order chi connectivity index (χ0) is 24.9. The molecule has 0 aromatic heterocycles. The molecule has 4 aliphatic rings. The minimum absolute atomic E-state index is 0.338. The summed E-state index contributed by atoms with van der Waals surface area (Å²) in [6.07, 6.45) is 4.90. The summed E-state index contributed by atoms with van der Waals surface area (Å²) in [7, 11) is 0. The summed E-state index contributed by atoms with van der Waals surface area (Å²) in [4.78, 5) is 5.44. The van der Waals surface area contributed by atoms with Crippen LogP contribution in [0.15, 0.2) is 36.4 Å². The molecule has 7 rings (SSSR count). The monoisotopic (exact) mass is 474 g/mol. The Morgan fingerprint density at radius 2 is 1.11 bits per heavy atom. The Bertz CT molecular complexity index is 1300. The third kappa shape index (κ3) is 2.92. The molecule has 4 heterocycles. The molecule has 0 saturated heterocycles. The maximum absolute atomic E-state index is 2.72. The predicted octanol–water partition coefficient (Wildman–Crippen LogP) is 6.37. The molecule has 0 amide bonds. The van der Waals surface area contributed by atoms with Gasteiger partial charge in [0, 0.05) is 35.8 Å². The Hall–Kier alpha value is -2.68. The molecule has 0 saturated carbocycles. The third-order valence-electron chi connectivity index (χ3n) is 9.42. The van der Waals surface area contributed by atoms with Crippen LogP contribution in [-0.2, 0) is 12.8 Å². The number of hydrogen-bond donors (Lipinski definition) is 0. The van der Waals surface area contributed by atoms with Gasteiger partial charge in [0.2, 0.25) is 0 Å². The fourth-order valence-corrected chi connectivity index (χ4v) is 7.78. The van der Waals surface area contributed by atoms with Crippen LogP contribution in [0, 0.1) is 0 Å². The van der Waals surface area contributed by atoms with Gasteiger partial charge in [-0.05, 0) is 99.8 Å². The molecule has 0 fully saturated rings. The Balaban J connectivity index is 1.59. The van der Waals surface area contributed by atoms with Gasteiger partial charge in [-0.15, -0.1) is 0 Å². The Morgan fingerprint density at radius 3 is 1.53 bits per heavy atom. The number of anilines is 4. The van der Waals surface area contributed by atoms with Crippen molar-refractivity contribution in [1.82, 2.24) is 0 Å². The highest BCUT2D eigenvalue weighted by molar-refractivity contribution is 7.00. The van der Waals surface area contributed by atoms with Gasteiger partial charge in [-0.3, -0.25) is 0 Å².